The van der Waals surface area contributed by atoms with E-state index in [1.807, 2.05) is 35.9 Å². The Morgan fingerprint density at radius 1 is 1.41 bits per heavy atom. The number of hydrogen-bond donors (Lipinski definition) is 1. The third kappa shape index (κ3) is 2.85. The first kappa shape index (κ1) is 11.7. The van der Waals surface area contributed by atoms with E-state index in [1.165, 1.54) is 0 Å². The van der Waals surface area contributed by atoms with Crippen molar-refractivity contribution in [3.05, 3.63) is 48.0 Å². The SMILES string of the molecule is Cc1cccc(CO)c1OCCn1ccnc1. The van der Waals surface area contributed by atoms with Crippen molar-refractivity contribution in [1.29, 1.82) is 0 Å². The van der Waals surface area contributed by atoms with Crippen molar-refractivity contribution < 1.29 is 9.84 Å². The molecular weight excluding hydrogens is 216 g/mol. The fourth-order valence-electron chi connectivity index (χ4n) is 1.72. The van der Waals surface area contributed by atoms with E-state index >= 15 is 0 Å². The van der Waals surface area contributed by atoms with Gasteiger partial charge in [0.05, 0.1) is 19.5 Å². The lowest BCUT2D eigenvalue weighted by Crippen LogP contribution is -2.08. The second-order valence-electron chi connectivity index (χ2n) is 3.87. The summed E-state index contributed by atoms with van der Waals surface area (Å²) < 4.78 is 7.68. The lowest BCUT2D eigenvalue weighted by molar-refractivity contribution is 0.257. The van der Waals surface area contributed by atoms with Crippen LogP contribution in [-0.2, 0) is 13.2 Å². The molecule has 0 spiro atoms. The average molecular weight is 232 g/mol. The van der Waals surface area contributed by atoms with Crippen LogP contribution in [0.5, 0.6) is 5.75 Å². The first-order chi connectivity index (χ1) is 8.31. The van der Waals surface area contributed by atoms with Crippen LogP contribution in [0.15, 0.2) is 36.9 Å². The standard InChI is InChI=1S/C13H16N2O2/c1-11-3-2-4-12(9-16)13(11)17-8-7-15-6-5-14-10-15/h2-6,10,16H,7-9H2,1H3. The van der Waals surface area contributed by atoms with Gasteiger partial charge in [0, 0.05) is 18.0 Å². The van der Waals surface area contributed by atoms with Crippen molar-refractivity contribution >= 4 is 0 Å². The van der Waals surface area contributed by atoms with Crippen LogP contribution < -0.4 is 4.74 Å². The van der Waals surface area contributed by atoms with E-state index in [0.717, 1.165) is 23.4 Å². The van der Waals surface area contributed by atoms with Crippen LogP contribution in [-0.4, -0.2) is 21.3 Å². The number of nitrogens with zero attached hydrogens (tertiary/aromatic N) is 2. The summed E-state index contributed by atoms with van der Waals surface area (Å²) in [7, 11) is 0. The smallest absolute Gasteiger partial charge is 0.127 e. The molecule has 4 heteroatoms. The molecule has 90 valence electrons. The summed E-state index contributed by atoms with van der Waals surface area (Å²) in [6.45, 7) is 3.29. The zero-order valence-electron chi connectivity index (χ0n) is 9.84. The van der Waals surface area contributed by atoms with Crippen molar-refractivity contribution in [2.45, 2.75) is 20.1 Å². The highest BCUT2D eigenvalue weighted by Crippen LogP contribution is 2.23. The van der Waals surface area contributed by atoms with Gasteiger partial charge >= 0.3 is 0 Å². The minimum atomic E-state index is 0.00207. The van der Waals surface area contributed by atoms with E-state index in [4.69, 9.17) is 4.74 Å². The first-order valence-electron chi connectivity index (χ1n) is 5.59. The predicted molar refractivity (Wildman–Crippen MR) is 64.8 cm³/mol. The van der Waals surface area contributed by atoms with Crippen LogP contribution in [0.25, 0.3) is 0 Å². The Morgan fingerprint density at radius 3 is 3.00 bits per heavy atom. The van der Waals surface area contributed by atoms with Gasteiger partial charge in [0.2, 0.25) is 0 Å². The highest BCUT2D eigenvalue weighted by Gasteiger charge is 2.05. The molecule has 0 radical (unpaired) electrons. The predicted octanol–water partition coefficient (Wildman–Crippen LogP) is 1.76. The zero-order chi connectivity index (χ0) is 12.1. The van der Waals surface area contributed by atoms with Crippen molar-refractivity contribution in [2.24, 2.45) is 0 Å². The molecular formula is C13H16N2O2. The molecule has 2 aromatic rings. The van der Waals surface area contributed by atoms with Gasteiger partial charge in [-0.2, -0.15) is 0 Å². The largest absolute Gasteiger partial charge is 0.491 e. The number of hydrogen-bond acceptors (Lipinski definition) is 3. The Kier molecular flexibility index (Phi) is 3.77. The monoisotopic (exact) mass is 232 g/mol. The fraction of sp³-hybridized carbons (Fsp3) is 0.308. The Hall–Kier alpha value is -1.81. The number of imidazole rings is 1. The molecule has 0 aliphatic carbocycles. The minimum Gasteiger partial charge on any atom is -0.491 e. The third-order valence-electron chi connectivity index (χ3n) is 2.62. The second-order valence-corrected chi connectivity index (χ2v) is 3.87. The maximum Gasteiger partial charge on any atom is 0.127 e. The molecule has 0 saturated heterocycles. The average Bonchev–Trinajstić information content (AvgIpc) is 2.84. The summed E-state index contributed by atoms with van der Waals surface area (Å²) in [5.74, 6) is 0.787. The van der Waals surface area contributed by atoms with E-state index in [-0.39, 0.29) is 6.61 Å². The molecule has 1 heterocycles. The topological polar surface area (TPSA) is 47.3 Å². The van der Waals surface area contributed by atoms with Gasteiger partial charge < -0.3 is 14.4 Å². The third-order valence-corrected chi connectivity index (χ3v) is 2.62. The van der Waals surface area contributed by atoms with Gasteiger partial charge in [-0.05, 0) is 12.5 Å². The molecule has 17 heavy (non-hydrogen) atoms. The van der Waals surface area contributed by atoms with Crippen LogP contribution >= 0.6 is 0 Å². The number of aryl methyl sites for hydroxylation is 1. The van der Waals surface area contributed by atoms with E-state index in [1.54, 1.807) is 12.5 Å². The Morgan fingerprint density at radius 2 is 2.29 bits per heavy atom. The lowest BCUT2D eigenvalue weighted by atomic mass is 10.1. The Labute approximate surface area is 100 Å². The van der Waals surface area contributed by atoms with Crippen molar-refractivity contribution in [3.63, 3.8) is 0 Å². The molecule has 1 aromatic heterocycles. The maximum atomic E-state index is 9.23. The second kappa shape index (κ2) is 5.50. The van der Waals surface area contributed by atoms with E-state index in [9.17, 15) is 5.11 Å². The number of ether oxygens (including phenoxy) is 1. The van der Waals surface area contributed by atoms with Gasteiger partial charge in [0.15, 0.2) is 0 Å². The molecule has 1 aromatic carbocycles. The number of aliphatic hydroxyl groups excluding tert-OH is 1. The van der Waals surface area contributed by atoms with E-state index in [0.29, 0.717) is 6.61 Å². The summed E-state index contributed by atoms with van der Waals surface area (Å²) in [4.78, 5) is 3.97. The van der Waals surface area contributed by atoms with Crippen molar-refractivity contribution in [1.82, 2.24) is 9.55 Å². The Bertz CT molecular complexity index is 466. The van der Waals surface area contributed by atoms with Crippen LogP contribution in [0.1, 0.15) is 11.1 Å². The summed E-state index contributed by atoms with van der Waals surface area (Å²) in [5, 5.41) is 9.23. The number of rotatable bonds is 5. The molecule has 1 N–H and O–H groups in total. The molecule has 0 aliphatic heterocycles. The normalized spacial score (nSPS) is 10.5. The fourth-order valence-corrected chi connectivity index (χ4v) is 1.72. The van der Waals surface area contributed by atoms with E-state index < -0.39 is 0 Å². The molecule has 0 aliphatic rings. The minimum absolute atomic E-state index is 0.00207. The summed E-state index contributed by atoms with van der Waals surface area (Å²) >= 11 is 0. The van der Waals surface area contributed by atoms with Crippen LogP contribution in [0.3, 0.4) is 0 Å². The molecule has 0 amide bonds. The molecule has 0 fully saturated rings. The van der Waals surface area contributed by atoms with Gasteiger partial charge in [-0.25, -0.2) is 4.98 Å². The number of aromatic nitrogens is 2. The lowest BCUT2D eigenvalue weighted by Gasteiger charge is -2.12. The number of benzene rings is 1. The van der Waals surface area contributed by atoms with Crippen LogP contribution in [0, 0.1) is 6.92 Å². The molecule has 0 saturated carbocycles. The molecule has 0 bridgehead atoms. The highest BCUT2D eigenvalue weighted by atomic mass is 16.5. The maximum absolute atomic E-state index is 9.23. The van der Waals surface area contributed by atoms with E-state index in [2.05, 4.69) is 4.98 Å². The molecule has 0 atom stereocenters. The zero-order valence-corrected chi connectivity index (χ0v) is 9.84. The highest BCUT2D eigenvalue weighted by molar-refractivity contribution is 5.40. The van der Waals surface area contributed by atoms with Crippen LogP contribution in [0.2, 0.25) is 0 Å². The quantitative estimate of drug-likeness (QED) is 0.854. The Balaban J connectivity index is 1.98. The van der Waals surface area contributed by atoms with Gasteiger partial charge in [-0.15, -0.1) is 0 Å². The first-order valence-corrected chi connectivity index (χ1v) is 5.59. The molecule has 4 nitrogen and oxygen atoms in total. The summed E-state index contributed by atoms with van der Waals surface area (Å²) in [6, 6.07) is 5.77. The number of aliphatic hydroxyl groups is 1. The summed E-state index contributed by atoms with van der Waals surface area (Å²) in [6.07, 6.45) is 5.40. The van der Waals surface area contributed by atoms with Crippen molar-refractivity contribution in [3.8, 4) is 5.75 Å². The number of para-hydroxylation sites is 1. The van der Waals surface area contributed by atoms with Gasteiger partial charge in [0.25, 0.3) is 0 Å². The van der Waals surface area contributed by atoms with Gasteiger partial charge in [-0.3, -0.25) is 0 Å². The van der Waals surface area contributed by atoms with Gasteiger partial charge in [0.1, 0.15) is 12.4 Å². The van der Waals surface area contributed by atoms with Gasteiger partial charge in [-0.1, -0.05) is 18.2 Å². The van der Waals surface area contributed by atoms with Crippen molar-refractivity contribution in [2.75, 3.05) is 6.61 Å². The molecule has 2 rings (SSSR count). The molecule has 0 unspecified atom stereocenters. The van der Waals surface area contributed by atoms with Crippen LogP contribution in [0.4, 0.5) is 0 Å². The summed E-state index contributed by atoms with van der Waals surface area (Å²) in [5.41, 5.74) is 1.87.